The van der Waals surface area contributed by atoms with E-state index in [0.717, 1.165) is 63.7 Å². The summed E-state index contributed by atoms with van der Waals surface area (Å²) >= 11 is 0. The summed E-state index contributed by atoms with van der Waals surface area (Å²) in [6.07, 6.45) is 12.8. The van der Waals surface area contributed by atoms with Gasteiger partial charge < -0.3 is 9.88 Å². The molecule has 7 heteroatoms. The van der Waals surface area contributed by atoms with E-state index in [1.54, 1.807) is 6.07 Å². The van der Waals surface area contributed by atoms with Gasteiger partial charge in [0.1, 0.15) is 11.5 Å². The summed E-state index contributed by atoms with van der Waals surface area (Å²) in [5, 5.41) is 8.61. The van der Waals surface area contributed by atoms with Gasteiger partial charge in [0.2, 0.25) is 0 Å². The number of rotatable bonds is 9. The van der Waals surface area contributed by atoms with Gasteiger partial charge in [-0.3, -0.25) is 10.1 Å². The molecule has 202 valence electrons. The zero-order chi connectivity index (χ0) is 27.5. The number of para-hydroxylation sites is 1. The highest BCUT2D eigenvalue weighted by molar-refractivity contribution is 5.97. The summed E-state index contributed by atoms with van der Waals surface area (Å²) < 4.78 is 14.0. The topological polar surface area (TPSA) is 73.5 Å². The van der Waals surface area contributed by atoms with E-state index in [1.807, 2.05) is 43.5 Å². The zero-order valence-electron chi connectivity index (χ0n) is 22.8. The summed E-state index contributed by atoms with van der Waals surface area (Å²) in [5.74, 6) is 0.372. The lowest BCUT2D eigenvalue weighted by Gasteiger charge is -2.14. The first-order valence-corrected chi connectivity index (χ1v) is 13.9. The second kappa shape index (κ2) is 11.4. The van der Waals surface area contributed by atoms with Crippen LogP contribution in [0.4, 0.5) is 4.39 Å². The molecule has 1 saturated heterocycles. The van der Waals surface area contributed by atoms with E-state index < -0.39 is 0 Å². The third kappa shape index (κ3) is 5.25. The van der Waals surface area contributed by atoms with Crippen LogP contribution in [0, 0.1) is 5.82 Å². The van der Waals surface area contributed by atoms with Gasteiger partial charge in [0.05, 0.1) is 28.4 Å². The fourth-order valence-electron chi connectivity index (χ4n) is 5.54. The molecular weight excluding hydrogens is 499 g/mol. The fraction of sp³-hybridized carbons (Fsp3) is 0.242. The van der Waals surface area contributed by atoms with Crippen molar-refractivity contribution in [1.29, 1.82) is 0 Å². The molecule has 0 spiro atoms. The Morgan fingerprint density at radius 1 is 1.10 bits per heavy atom. The maximum absolute atomic E-state index is 14.0. The lowest BCUT2D eigenvalue weighted by atomic mass is 10.0. The Bertz CT molecular complexity index is 1730. The monoisotopic (exact) mass is 532 g/mol. The van der Waals surface area contributed by atoms with Crippen molar-refractivity contribution < 1.29 is 4.39 Å². The van der Waals surface area contributed by atoms with E-state index in [2.05, 4.69) is 44.9 Å². The fourth-order valence-corrected chi connectivity index (χ4v) is 5.54. The molecule has 0 aliphatic carbocycles. The summed E-state index contributed by atoms with van der Waals surface area (Å²) in [6.45, 7) is 9.68. The van der Waals surface area contributed by atoms with Crippen LogP contribution < -0.4 is 0 Å². The van der Waals surface area contributed by atoms with Gasteiger partial charge >= 0.3 is 0 Å². The largest absolute Gasteiger partial charge is 0.337 e. The van der Waals surface area contributed by atoms with E-state index in [0.29, 0.717) is 11.5 Å². The molecule has 1 aliphatic rings. The SMILES string of the molecule is C=C/C(=C\C(=C/C)c1cc2c(-c3nc4c(-c5cccc(F)c5)cccc4[nH]3)n[nH]c2cn1)CCCN1CCCC1. The first kappa shape index (κ1) is 25.9. The number of benzene rings is 2. The van der Waals surface area contributed by atoms with Gasteiger partial charge in [-0.2, -0.15) is 5.10 Å². The van der Waals surface area contributed by atoms with Crippen molar-refractivity contribution in [3.8, 4) is 22.6 Å². The van der Waals surface area contributed by atoms with Gasteiger partial charge in [-0.15, -0.1) is 0 Å². The molecule has 0 unspecified atom stereocenters. The second-order valence-electron chi connectivity index (χ2n) is 10.3. The highest BCUT2D eigenvalue weighted by Gasteiger charge is 2.17. The minimum atomic E-state index is -0.274. The van der Waals surface area contributed by atoms with E-state index in [1.165, 1.54) is 43.6 Å². The molecule has 2 aromatic carbocycles. The number of aromatic amines is 2. The van der Waals surface area contributed by atoms with E-state index in [4.69, 9.17) is 9.97 Å². The van der Waals surface area contributed by atoms with Gasteiger partial charge in [-0.1, -0.05) is 43.0 Å². The minimum absolute atomic E-state index is 0.274. The summed E-state index contributed by atoms with van der Waals surface area (Å²) in [4.78, 5) is 15.6. The number of nitrogens with one attached hydrogen (secondary N) is 2. The zero-order valence-corrected chi connectivity index (χ0v) is 22.8. The van der Waals surface area contributed by atoms with Crippen LogP contribution in [0.3, 0.4) is 0 Å². The summed E-state index contributed by atoms with van der Waals surface area (Å²) in [7, 11) is 0. The predicted molar refractivity (Wildman–Crippen MR) is 161 cm³/mol. The Balaban J connectivity index is 1.31. The molecule has 0 radical (unpaired) electrons. The highest BCUT2D eigenvalue weighted by Crippen LogP contribution is 2.32. The molecule has 3 aromatic heterocycles. The molecule has 2 N–H and O–H groups in total. The number of hydrogen-bond acceptors (Lipinski definition) is 4. The van der Waals surface area contributed by atoms with Crippen LogP contribution in [0.1, 0.15) is 38.3 Å². The Hall–Kier alpha value is -4.36. The highest BCUT2D eigenvalue weighted by atomic mass is 19.1. The second-order valence-corrected chi connectivity index (χ2v) is 10.3. The summed E-state index contributed by atoms with van der Waals surface area (Å²) in [6, 6.07) is 14.5. The molecule has 6 rings (SSSR count). The lowest BCUT2D eigenvalue weighted by molar-refractivity contribution is 0.334. The van der Waals surface area contributed by atoms with Crippen molar-refractivity contribution in [2.75, 3.05) is 19.6 Å². The van der Waals surface area contributed by atoms with Crippen LogP contribution in [0.15, 0.2) is 85.1 Å². The molecule has 0 atom stereocenters. The number of halogens is 1. The normalized spacial score (nSPS) is 14.9. The van der Waals surface area contributed by atoms with Crippen molar-refractivity contribution in [3.05, 3.63) is 96.6 Å². The third-order valence-corrected chi connectivity index (χ3v) is 7.67. The number of likely N-dealkylation sites (tertiary alicyclic amines) is 1. The first-order chi connectivity index (χ1) is 19.6. The molecule has 40 heavy (non-hydrogen) atoms. The molecule has 5 aromatic rings. The van der Waals surface area contributed by atoms with E-state index in [9.17, 15) is 4.39 Å². The predicted octanol–water partition coefficient (Wildman–Crippen LogP) is 7.70. The quantitative estimate of drug-likeness (QED) is 0.191. The minimum Gasteiger partial charge on any atom is -0.337 e. The molecule has 1 fully saturated rings. The van der Waals surface area contributed by atoms with Gasteiger partial charge in [0.25, 0.3) is 0 Å². The number of allylic oxidation sites excluding steroid dienone is 5. The molecule has 0 saturated carbocycles. The van der Waals surface area contributed by atoms with Gasteiger partial charge in [-0.05, 0) is 99.3 Å². The third-order valence-electron chi connectivity index (χ3n) is 7.67. The van der Waals surface area contributed by atoms with Gasteiger partial charge in [-0.25, -0.2) is 9.37 Å². The van der Waals surface area contributed by atoms with Crippen LogP contribution in [-0.4, -0.2) is 49.7 Å². The number of hydrogen-bond donors (Lipinski definition) is 2. The van der Waals surface area contributed by atoms with Crippen LogP contribution in [0.25, 0.3) is 50.2 Å². The molecule has 0 amide bonds. The number of H-pyrrole nitrogens is 2. The van der Waals surface area contributed by atoms with Crippen molar-refractivity contribution in [2.45, 2.75) is 32.6 Å². The van der Waals surface area contributed by atoms with Crippen molar-refractivity contribution in [2.24, 2.45) is 0 Å². The van der Waals surface area contributed by atoms with Crippen LogP contribution in [0.2, 0.25) is 0 Å². The van der Waals surface area contributed by atoms with Gasteiger partial charge in [0.15, 0.2) is 5.82 Å². The molecule has 6 nitrogen and oxygen atoms in total. The number of fused-ring (bicyclic) bond motifs is 2. The Morgan fingerprint density at radius 3 is 2.75 bits per heavy atom. The maximum Gasteiger partial charge on any atom is 0.159 e. The van der Waals surface area contributed by atoms with Crippen LogP contribution in [-0.2, 0) is 0 Å². The molecule has 4 heterocycles. The number of imidazole rings is 1. The van der Waals surface area contributed by atoms with Crippen LogP contribution in [0.5, 0.6) is 0 Å². The first-order valence-electron chi connectivity index (χ1n) is 13.9. The molecular formula is C33H33FN6. The maximum atomic E-state index is 14.0. The van der Waals surface area contributed by atoms with E-state index >= 15 is 0 Å². The smallest absolute Gasteiger partial charge is 0.159 e. The molecule has 1 aliphatic heterocycles. The average Bonchev–Trinajstić information content (AvgIpc) is 3.74. The van der Waals surface area contributed by atoms with Crippen molar-refractivity contribution >= 4 is 27.5 Å². The molecule has 0 bridgehead atoms. The Morgan fingerprint density at radius 2 is 1.95 bits per heavy atom. The van der Waals surface area contributed by atoms with Gasteiger partial charge in [0, 0.05) is 10.9 Å². The standard InChI is InChI=1S/C33H33FN6/c1-3-22(10-9-17-40-15-5-6-16-40)18-23(4-2)29-20-27-30(21-35-29)38-39-32(27)33-36-28-14-8-13-26(31(28)37-33)24-11-7-12-25(34)19-24/h3-4,7-8,11-14,18-21H,1,5-6,9-10,15-17H2,2H3,(H,36,37)(H,38,39)/b22-18+,23-4+. The Labute approximate surface area is 233 Å². The number of nitrogens with zero attached hydrogens (tertiary/aromatic N) is 4. The lowest BCUT2D eigenvalue weighted by Crippen LogP contribution is -2.20. The van der Waals surface area contributed by atoms with Crippen molar-refractivity contribution in [1.82, 2.24) is 30.0 Å². The Kier molecular flexibility index (Phi) is 7.38. The number of aromatic nitrogens is 5. The summed E-state index contributed by atoms with van der Waals surface area (Å²) in [5.41, 5.74) is 7.96. The number of pyridine rings is 1. The van der Waals surface area contributed by atoms with Crippen molar-refractivity contribution in [3.63, 3.8) is 0 Å². The average molecular weight is 533 g/mol. The van der Waals surface area contributed by atoms with Crippen LogP contribution >= 0.6 is 0 Å². The van der Waals surface area contributed by atoms with E-state index in [-0.39, 0.29) is 5.82 Å².